The van der Waals surface area contributed by atoms with E-state index in [1.807, 2.05) is 0 Å². The van der Waals surface area contributed by atoms with Crippen LogP contribution in [0.5, 0.6) is 0 Å². The van der Waals surface area contributed by atoms with Gasteiger partial charge in [0.15, 0.2) is 0 Å². The number of benzene rings is 1. The lowest BCUT2D eigenvalue weighted by molar-refractivity contribution is -0.137. The van der Waals surface area contributed by atoms with Crippen LogP contribution in [0.4, 0.5) is 10.5 Å². The topological polar surface area (TPSA) is 98.7 Å². The normalized spacial score (nSPS) is 17.2. The molecule has 3 N–H and O–H groups in total. The molecule has 1 unspecified atom stereocenters. The quantitative estimate of drug-likeness (QED) is 0.686. The molecule has 1 aliphatic heterocycles. The number of urea groups is 1. The number of hydrogen-bond acceptors (Lipinski definition) is 3. The minimum absolute atomic E-state index is 0.0110. The van der Waals surface area contributed by atoms with E-state index in [9.17, 15) is 14.4 Å². The second-order valence-corrected chi connectivity index (χ2v) is 5.59. The SMILES string of the molecule is O=C(O)CCCNC(=O)NC1CCN(c2ccccc2Cl)C1=O. The standard InChI is InChI=1S/C15H18ClN3O4/c16-10-4-1-2-5-12(10)19-9-7-11(14(19)22)18-15(23)17-8-3-6-13(20)21/h1-2,4-5,11H,3,6-9H2,(H,20,21)(H2,17,18,23). The Labute approximate surface area is 138 Å². The Morgan fingerprint density at radius 1 is 1.35 bits per heavy atom. The summed E-state index contributed by atoms with van der Waals surface area (Å²) in [6.07, 6.45) is 0.822. The number of hydrogen-bond donors (Lipinski definition) is 3. The Kier molecular flexibility index (Phi) is 5.81. The molecule has 1 heterocycles. The van der Waals surface area contributed by atoms with Crippen LogP contribution in [0.25, 0.3) is 0 Å². The molecule has 7 nitrogen and oxygen atoms in total. The van der Waals surface area contributed by atoms with E-state index in [0.29, 0.717) is 30.1 Å². The van der Waals surface area contributed by atoms with Gasteiger partial charge in [-0.05, 0) is 25.0 Å². The van der Waals surface area contributed by atoms with Gasteiger partial charge in [-0.1, -0.05) is 23.7 Å². The number of halogens is 1. The Hall–Kier alpha value is -2.28. The highest BCUT2D eigenvalue weighted by Gasteiger charge is 2.34. The van der Waals surface area contributed by atoms with Crippen molar-refractivity contribution in [3.8, 4) is 0 Å². The number of amides is 3. The number of aliphatic carboxylic acids is 1. The van der Waals surface area contributed by atoms with Gasteiger partial charge in [0.1, 0.15) is 6.04 Å². The molecule has 1 aromatic rings. The lowest BCUT2D eigenvalue weighted by Gasteiger charge is -2.18. The number of carboxylic acid groups (broad SMARTS) is 1. The molecule has 0 spiro atoms. The summed E-state index contributed by atoms with van der Waals surface area (Å²) < 4.78 is 0. The fraction of sp³-hybridized carbons (Fsp3) is 0.400. The fourth-order valence-electron chi connectivity index (χ4n) is 2.37. The molecule has 0 saturated carbocycles. The first-order valence-electron chi connectivity index (χ1n) is 7.31. The van der Waals surface area contributed by atoms with E-state index >= 15 is 0 Å². The van der Waals surface area contributed by atoms with Crippen molar-refractivity contribution in [1.29, 1.82) is 0 Å². The van der Waals surface area contributed by atoms with Crippen LogP contribution in [0.1, 0.15) is 19.3 Å². The number of carbonyl (C=O) groups is 3. The van der Waals surface area contributed by atoms with Crippen molar-refractivity contribution in [2.24, 2.45) is 0 Å². The molecule has 0 aromatic heterocycles. The van der Waals surface area contributed by atoms with Gasteiger partial charge >= 0.3 is 12.0 Å². The first kappa shape index (κ1) is 17.1. The number of carboxylic acids is 1. The molecule has 1 saturated heterocycles. The number of para-hydroxylation sites is 1. The molecule has 1 fully saturated rings. The van der Waals surface area contributed by atoms with Crippen molar-refractivity contribution in [3.05, 3.63) is 29.3 Å². The van der Waals surface area contributed by atoms with Crippen molar-refractivity contribution in [2.75, 3.05) is 18.0 Å². The average molecular weight is 340 g/mol. The van der Waals surface area contributed by atoms with Crippen LogP contribution in [-0.2, 0) is 9.59 Å². The maximum atomic E-state index is 12.4. The zero-order valence-corrected chi connectivity index (χ0v) is 13.2. The van der Waals surface area contributed by atoms with Gasteiger partial charge in [0.05, 0.1) is 10.7 Å². The van der Waals surface area contributed by atoms with Crippen LogP contribution in [0.3, 0.4) is 0 Å². The summed E-state index contributed by atoms with van der Waals surface area (Å²) in [5.41, 5.74) is 0.630. The first-order valence-corrected chi connectivity index (χ1v) is 7.69. The summed E-state index contributed by atoms with van der Waals surface area (Å²) in [4.78, 5) is 36.0. The highest BCUT2D eigenvalue weighted by atomic mass is 35.5. The minimum atomic E-state index is -0.909. The van der Waals surface area contributed by atoms with Gasteiger partial charge in [-0.3, -0.25) is 9.59 Å². The maximum absolute atomic E-state index is 12.4. The van der Waals surface area contributed by atoms with E-state index in [2.05, 4.69) is 10.6 Å². The highest BCUT2D eigenvalue weighted by Crippen LogP contribution is 2.28. The van der Waals surface area contributed by atoms with Crippen LogP contribution in [0.15, 0.2) is 24.3 Å². The number of nitrogens with zero attached hydrogens (tertiary/aromatic N) is 1. The summed E-state index contributed by atoms with van der Waals surface area (Å²) in [7, 11) is 0. The third kappa shape index (κ3) is 4.59. The lowest BCUT2D eigenvalue weighted by atomic mass is 10.2. The Morgan fingerprint density at radius 2 is 2.09 bits per heavy atom. The van der Waals surface area contributed by atoms with Crippen molar-refractivity contribution in [2.45, 2.75) is 25.3 Å². The van der Waals surface area contributed by atoms with E-state index in [1.165, 1.54) is 0 Å². The number of carbonyl (C=O) groups excluding carboxylic acids is 2. The van der Waals surface area contributed by atoms with Crippen LogP contribution in [0.2, 0.25) is 5.02 Å². The molecule has 0 aliphatic carbocycles. The molecule has 3 amide bonds. The van der Waals surface area contributed by atoms with Crippen LogP contribution in [-0.4, -0.2) is 42.1 Å². The average Bonchev–Trinajstić information content (AvgIpc) is 2.85. The zero-order valence-electron chi connectivity index (χ0n) is 12.4. The van der Waals surface area contributed by atoms with Crippen molar-refractivity contribution in [1.82, 2.24) is 10.6 Å². The van der Waals surface area contributed by atoms with Crippen molar-refractivity contribution >= 4 is 35.2 Å². The summed E-state index contributed by atoms with van der Waals surface area (Å²) in [6, 6.07) is 5.96. The molecular weight excluding hydrogens is 322 g/mol. The largest absolute Gasteiger partial charge is 0.481 e. The van der Waals surface area contributed by atoms with E-state index in [-0.39, 0.29) is 18.9 Å². The lowest BCUT2D eigenvalue weighted by Crippen LogP contribution is -2.46. The molecule has 23 heavy (non-hydrogen) atoms. The second kappa shape index (κ2) is 7.82. The molecule has 0 bridgehead atoms. The molecule has 124 valence electrons. The van der Waals surface area contributed by atoms with Crippen LogP contribution in [0, 0.1) is 0 Å². The molecule has 0 radical (unpaired) electrons. The first-order chi connectivity index (χ1) is 11.0. The molecular formula is C15H18ClN3O4. The van der Waals surface area contributed by atoms with Gasteiger partial charge in [0.2, 0.25) is 5.91 Å². The summed E-state index contributed by atoms with van der Waals surface area (Å²) in [5.74, 6) is -1.12. The highest BCUT2D eigenvalue weighted by molar-refractivity contribution is 6.34. The summed E-state index contributed by atoms with van der Waals surface area (Å²) in [5, 5.41) is 14.1. The molecule has 1 aliphatic rings. The molecule has 1 atom stereocenters. The van der Waals surface area contributed by atoms with Gasteiger partial charge in [-0.2, -0.15) is 0 Å². The zero-order chi connectivity index (χ0) is 16.8. The van der Waals surface area contributed by atoms with E-state index < -0.39 is 18.0 Å². The smallest absolute Gasteiger partial charge is 0.315 e. The third-order valence-electron chi connectivity index (χ3n) is 3.51. The van der Waals surface area contributed by atoms with Gasteiger partial charge in [0, 0.05) is 19.5 Å². The van der Waals surface area contributed by atoms with Crippen LogP contribution < -0.4 is 15.5 Å². The van der Waals surface area contributed by atoms with Gasteiger partial charge < -0.3 is 20.6 Å². The fourth-order valence-corrected chi connectivity index (χ4v) is 2.61. The van der Waals surface area contributed by atoms with Crippen LogP contribution >= 0.6 is 11.6 Å². The number of nitrogens with one attached hydrogen (secondary N) is 2. The molecule has 1 aromatic carbocycles. The summed E-state index contributed by atoms with van der Waals surface area (Å²) in [6.45, 7) is 0.722. The maximum Gasteiger partial charge on any atom is 0.315 e. The van der Waals surface area contributed by atoms with Crippen molar-refractivity contribution in [3.63, 3.8) is 0 Å². The van der Waals surface area contributed by atoms with Crippen molar-refractivity contribution < 1.29 is 19.5 Å². The predicted octanol–water partition coefficient (Wildman–Crippen LogP) is 1.61. The van der Waals surface area contributed by atoms with Gasteiger partial charge in [0.25, 0.3) is 0 Å². The molecule has 8 heteroatoms. The Morgan fingerprint density at radius 3 is 2.78 bits per heavy atom. The second-order valence-electron chi connectivity index (χ2n) is 5.18. The van der Waals surface area contributed by atoms with Gasteiger partial charge in [-0.15, -0.1) is 0 Å². The molecule has 2 rings (SSSR count). The van der Waals surface area contributed by atoms with E-state index in [0.717, 1.165) is 0 Å². The predicted molar refractivity (Wildman–Crippen MR) is 85.6 cm³/mol. The summed E-state index contributed by atoms with van der Waals surface area (Å²) >= 11 is 6.09. The third-order valence-corrected chi connectivity index (χ3v) is 3.83. The van der Waals surface area contributed by atoms with E-state index in [4.69, 9.17) is 16.7 Å². The van der Waals surface area contributed by atoms with Gasteiger partial charge in [-0.25, -0.2) is 4.79 Å². The Bertz CT molecular complexity index is 608. The number of rotatable bonds is 6. The number of anilines is 1. The minimum Gasteiger partial charge on any atom is -0.481 e. The Balaban J connectivity index is 1.84. The monoisotopic (exact) mass is 339 g/mol. The van der Waals surface area contributed by atoms with E-state index in [1.54, 1.807) is 29.2 Å².